The van der Waals surface area contributed by atoms with E-state index in [1.165, 1.54) is 25.1 Å². The summed E-state index contributed by atoms with van der Waals surface area (Å²) in [7, 11) is 2.20. The topological polar surface area (TPSA) is 3.24 Å². The minimum atomic E-state index is 0.416. The van der Waals surface area contributed by atoms with Gasteiger partial charge in [-0.1, -0.05) is 23.8 Å². The van der Waals surface area contributed by atoms with Gasteiger partial charge in [-0.15, -0.1) is 0 Å². The lowest BCUT2D eigenvalue weighted by Crippen LogP contribution is -2.19. The lowest BCUT2D eigenvalue weighted by atomic mass is 9.89. The van der Waals surface area contributed by atoms with Crippen LogP contribution in [0.3, 0.4) is 0 Å². The Labute approximate surface area is 68.4 Å². The first-order valence-corrected chi connectivity index (χ1v) is 4.27. The molecule has 1 aliphatic heterocycles. The summed E-state index contributed by atoms with van der Waals surface area (Å²) in [6.07, 6.45) is 8.33. The molecule has 1 saturated heterocycles. The van der Waals surface area contributed by atoms with Gasteiger partial charge in [0, 0.05) is 12.0 Å². The molecule has 1 heteroatoms. The van der Waals surface area contributed by atoms with Gasteiger partial charge >= 0.3 is 0 Å². The van der Waals surface area contributed by atoms with Gasteiger partial charge in [-0.2, -0.15) is 0 Å². The summed E-state index contributed by atoms with van der Waals surface area (Å²) >= 11 is 0. The molecule has 0 N–H and O–H groups in total. The van der Waals surface area contributed by atoms with Crippen LogP contribution in [-0.4, -0.2) is 25.0 Å². The van der Waals surface area contributed by atoms with Gasteiger partial charge in [0.15, 0.2) is 0 Å². The third-order valence-corrected chi connectivity index (χ3v) is 2.72. The van der Waals surface area contributed by atoms with Crippen molar-refractivity contribution in [3.63, 3.8) is 0 Å². The van der Waals surface area contributed by atoms with E-state index in [9.17, 15) is 0 Å². The fourth-order valence-electron chi connectivity index (χ4n) is 2.16. The molecule has 60 valence electrons. The van der Waals surface area contributed by atoms with Crippen LogP contribution in [0.1, 0.15) is 13.3 Å². The molecule has 1 spiro atoms. The first kappa shape index (κ1) is 7.11. The van der Waals surface area contributed by atoms with Crippen LogP contribution in [0, 0.1) is 5.41 Å². The summed E-state index contributed by atoms with van der Waals surface area (Å²) in [6, 6.07) is 0. The average molecular weight is 149 g/mol. The van der Waals surface area contributed by atoms with E-state index < -0.39 is 0 Å². The standard InChI is InChI=1S/C10H15N/c1-9-3-4-10(7-9)5-6-11(2)8-10/h3-4,7H,5-6,8H2,1-2H3. The largest absolute Gasteiger partial charge is 0.305 e. The Morgan fingerprint density at radius 3 is 2.82 bits per heavy atom. The summed E-state index contributed by atoms with van der Waals surface area (Å²) in [5.41, 5.74) is 1.85. The minimum absolute atomic E-state index is 0.416. The zero-order chi connectivity index (χ0) is 7.90. The van der Waals surface area contributed by atoms with Crippen LogP contribution in [-0.2, 0) is 0 Å². The Balaban J connectivity index is 2.21. The van der Waals surface area contributed by atoms with Gasteiger partial charge in [0.25, 0.3) is 0 Å². The van der Waals surface area contributed by atoms with Gasteiger partial charge in [0.05, 0.1) is 0 Å². The Hall–Kier alpha value is -0.560. The molecule has 0 saturated carbocycles. The lowest BCUT2D eigenvalue weighted by molar-refractivity contribution is 0.386. The van der Waals surface area contributed by atoms with E-state index in [0.717, 1.165) is 0 Å². The van der Waals surface area contributed by atoms with Crippen LogP contribution in [0.5, 0.6) is 0 Å². The molecule has 0 radical (unpaired) electrons. The van der Waals surface area contributed by atoms with Crippen molar-refractivity contribution in [2.45, 2.75) is 13.3 Å². The maximum atomic E-state index is 2.41. The van der Waals surface area contributed by atoms with E-state index in [0.29, 0.717) is 5.41 Å². The molecule has 11 heavy (non-hydrogen) atoms. The normalized spacial score (nSPS) is 37.1. The van der Waals surface area contributed by atoms with Crippen LogP contribution < -0.4 is 0 Å². The Kier molecular flexibility index (Phi) is 1.43. The Bertz CT molecular complexity index is 227. The molecule has 1 aliphatic carbocycles. The number of hydrogen-bond acceptors (Lipinski definition) is 1. The number of hydrogen-bond donors (Lipinski definition) is 0. The van der Waals surface area contributed by atoms with Crippen molar-refractivity contribution in [2.75, 3.05) is 20.1 Å². The molecule has 1 atom stereocenters. The molecule has 1 nitrogen and oxygen atoms in total. The number of nitrogens with zero attached hydrogens (tertiary/aromatic N) is 1. The molecule has 1 fully saturated rings. The summed E-state index contributed by atoms with van der Waals surface area (Å²) in [5, 5.41) is 0. The van der Waals surface area contributed by atoms with Gasteiger partial charge < -0.3 is 4.90 Å². The first-order valence-electron chi connectivity index (χ1n) is 4.27. The van der Waals surface area contributed by atoms with E-state index in [2.05, 4.69) is 37.1 Å². The first-order chi connectivity index (χ1) is 5.20. The molecule has 0 aromatic rings. The smallest absolute Gasteiger partial charge is 0.0209 e. The van der Waals surface area contributed by atoms with Crippen LogP contribution in [0.15, 0.2) is 23.8 Å². The van der Waals surface area contributed by atoms with Gasteiger partial charge in [-0.3, -0.25) is 0 Å². The lowest BCUT2D eigenvalue weighted by Gasteiger charge is -2.17. The van der Waals surface area contributed by atoms with E-state index in [1.54, 1.807) is 0 Å². The highest BCUT2D eigenvalue weighted by Gasteiger charge is 2.33. The second-order valence-electron chi connectivity index (χ2n) is 3.94. The summed E-state index contributed by atoms with van der Waals surface area (Å²) in [6.45, 7) is 4.64. The predicted molar refractivity (Wildman–Crippen MR) is 47.4 cm³/mol. The van der Waals surface area contributed by atoms with Crippen molar-refractivity contribution < 1.29 is 0 Å². The quantitative estimate of drug-likeness (QED) is 0.508. The fourth-order valence-corrected chi connectivity index (χ4v) is 2.16. The predicted octanol–water partition coefficient (Wildman–Crippen LogP) is 1.82. The zero-order valence-electron chi connectivity index (χ0n) is 7.30. The van der Waals surface area contributed by atoms with E-state index in [4.69, 9.17) is 0 Å². The van der Waals surface area contributed by atoms with E-state index in [1.807, 2.05) is 0 Å². The maximum absolute atomic E-state index is 2.41. The number of likely N-dealkylation sites (tertiary alicyclic amines) is 1. The molecule has 2 rings (SSSR count). The maximum Gasteiger partial charge on any atom is 0.0209 e. The Morgan fingerprint density at radius 1 is 1.55 bits per heavy atom. The highest BCUT2D eigenvalue weighted by molar-refractivity contribution is 5.33. The minimum Gasteiger partial charge on any atom is -0.305 e. The van der Waals surface area contributed by atoms with Gasteiger partial charge in [0.1, 0.15) is 0 Å². The van der Waals surface area contributed by atoms with Crippen molar-refractivity contribution in [3.8, 4) is 0 Å². The molecule has 2 aliphatic rings. The third kappa shape index (κ3) is 1.14. The second kappa shape index (κ2) is 2.21. The second-order valence-corrected chi connectivity index (χ2v) is 3.94. The van der Waals surface area contributed by atoms with Crippen molar-refractivity contribution in [3.05, 3.63) is 23.8 Å². The van der Waals surface area contributed by atoms with Crippen LogP contribution in [0.25, 0.3) is 0 Å². The van der Waals surface area contributed by atoms with Crippen LogP contribution in [0.2, 0.25) is 0 Å². The number of allylic oxidation sites excluding steroid dienone is 2. The highest BCUT2D eigenvalue weighted by atomic mass is 15.1. The van der Waals surface area contributed by atoms with Crippen molar-refractivity contribution in [2.24, 2.45) is 5.41 Å². The molecule has 0 aromatic heterocycles. The summed E-state index contributed by atoms with van der Waals surface area (Å²) in [5.74, 6) is 0. The molecule has 1 heterocycles. The third-order valence-electron chi connectivity index (χ3n) is 2.72. The summed E-state index contributed by atoms with van der Waals surface area (Å²) < 4.78 is 0. The van der Waals surface area contributed by atoms with Crippen LogP contribution >= 0.6 is 0 Å². The average Bonchev–Trinajstić information content (AvgIpc) is 2.44. The number of rotatable bonds is 0. The van der Waals surface area contributed by atoms with Crippen LogP contribution in [0.4, 0.5) is 0 Å². The van der Waals surface area contributed by atoms with Crippen molar-refractivity contribution in [1.82, 2.24) is 4.90 Å². The van der Waals surface area contributed by atoms with E-state index in [-0.39, 0.29) is 0 Å². The zero-order valence-corrected chi connectivity index (χ0v) is 7.30. The molecule has 1 unspecified atom stereocenters. The SMILES string of the molecule is CC1=CC2(C=C1)CCN(C)C2. The molecule has 0 bridgehead atoms. The van der Waals surface area contributed by atoms with Crippen molar-refractivity contribution in [1.29, 1.82) is 0 Å². The molecule has 0 amide bonds. The summed E-state index contributed by atoms with van der Waals surface area (Å²) in [4.78, 5) is 2.40. The van der Waals surface area contributed by atoms with Gasteiger partial charge in [-0.05, 0) is 26.9 Å². The monoisotopic (exact) mass is 149 g/mol. The molecule has 0 aromatic carbocycles. The van der Waals surface area contributed by atoms with Crippen molar-refractivity contribution >= 4 is 0 Å². The molecular formula is C10H15N. The molecular weight excluding hydrogens is 134 g/mol. The van der Waals surface area contributed by atoms with Gasteiger partial charge in [0.2, 0.25) is 0 Å². The van der Waals surface area contributed by atoms with E-state index >= 15 is 0 Å². The fraction of sp³-hybridized carbons (Fsp3) is 0.600. The Morgan fingerprint density at radius 2 is 2.36 bits per heavy atom. The highest BCUT2D eigenvalue weighted by Crippen LogP contribution is 2.37. The van der Waals surface area contributed by atoms with Gasteiger partial charge in [-0.25, -0.2) is 0 Å².